The number of likely N-dealkylation sites (tertiary alicyclic amines) is 1. The summed E-state index contributed by atoms with van der Waals surface area (Å²) in [6, 6.07) is 2.01. The molecule has 2 heterocycles. The summed E-state index contributed by atoms with van der Waals surface area (Å²) in [5.41, 5.74) is 1.95. The van der Waals surface area contributed by atoms with Crippen molar-refractivity contribution < 1.29 is 9.53 Å². The Morgan fingerprint density at radius 3 is 2.84 bits per heavy atom. The first-order valence-corrected chi connectivity index (χ1v) is 9.88. The maximum atomic E-state index is 13.2. The number of carbonyl (C=O) groups is 1. The minimum absolute atomic E-state index is 0.144. The smallest absolute Gasteiger partial charge is 0.272 e. The predicted octanol–water partition coefficient (Wildman–Crippen LogP) is 3.52. The Morgan fingerprint density at radius 1 is 1.40 bits per heavy atom. The van der Waals surface area contributed by atoms with E-state index in [1.54, 1.807) is 0 Å². The number of nitrogens with zero attached hydrogens (tertiary/aromatic N) is 3. The first kappa shape index (κ1) is 18.4. The second kappa shape index (κ2) is 7.48. The number of rotatable bonds is 5. The van der Waals surface area contributed by atoms with Gasteiger partial charge < -0.3 is 9.64 Å². The van der Waals surface area contributed by atoms with E-state index in [2.05, 4.69) is 30.8 Å². The van der Waals surface area contributed by atoms with Gasteiger partial charge in [-0.1, -0.05) is 20.3 Å². The van der Waals surface area contributed by atoms with Crippen molar-refractivity contribution in [3.8, 4) is 0 Å². The first-order valence-electron chi connectivity index (χ1n) is 9.88. The molecule has 3 rings (SSSR count). The number of amides is 1. The summed E-state index contributed by atoms with van der Waals surface area (Å²) in [6.07, 6.45) is 7.00. The molecule has 1 saturated heterocycles. The van der Waals surface area contributed by atoms with E-state index in [-0.39, 0.29) is 11.3 Å². The van der Waals surface area contributed by atoms with Crippen LogP contribution in [0.5, 0.6) is 0 Å². The summed E-state index contributed by atoms with van der Waals surface area (Å²) < 4.78 is 7.65. The van der Waals surface area contributed by atoms with Crippen LogP contribution in [0.15, 0.2) is 6.07 Å². The fourth-order valence-electron chi connectivity index (χ4n) is 4.84. The lowest BCUT2D eigenvalue weighted by Gasteiger charge is -2.43. The van der Waals surface area contributed by atoms with Gasteiger partial charge in [0.15, 0.2) is 0 Å². The third kappa shape index (κ3) is 3.62. The van der Waals surface area contributed by atoms with E-state index < -0.39 is 0 Å². The molecular weight excluding hydrogens is 314 g/mol. The lowest BCUT2D eigenvalue weighted by Crippen LogP contribution is -2.50. The maximum absolute atomic E-state index is 13.2. The molecular formula is C20H33N3O2. The van der Waals surface area contributed by atoms with Crippen LogP contribution in [0, 0.1) is 11.3 Å². The molecule has 1 amide bonds. The van der Waals surface area contributed by atoms with E-state index in [1.165, 1.54) is 19.3 Å². The van der Waals surface area contributed by atoms with Crippen molar-refractivity contribution in [2.45, 2.75) is 71.9 Å². The van der Waals surface area contributed by atoms with Crippen LogP contribution in [0.4, 0.5) is 0 Å². The number of aryl methyl sites for hydroxylation is 1. The van der Waals surface area contributed by atoms with E-state index in [0.717, 1.165) is 50.3 Å². The minimum atomic E-state index is 0.144. The molecule has 25 heavy (non-hydrogen) atoms. The van der Waals surface area contributed by atoms with Crippen LogP contribution in [0.25, 0.3) is 0 Å². The SMILES string of the molecule is CCn1nc(CC(C)C)cc1C(=O)N1CCC[C@]2(CCC[C@H]2OC)C1. The van der Waals surface area contributed by atoms with E-state index in [9.17, 15) is 4.79 Å². The fraction of sp³-hybridized carbons (Fsp3) is 0.800. The van der Waals surface area contributed by atoms with Gasteiger partial charge in [0.2, 0.25) is 0 Å². The van der Waals surface area contributed by atoms with Gasteiger partial charge in [0, 0.05) is 32.2 Å². The largest absolute Gasteiger partial charge is 0.381 e. The van der Waals surface area contributed by atoms with Gasteiger partial charge in [-0.25, -0.2) is 0 Å². The molecule has 2 aliphatic rings. The molecule has 0 N–H and O–H groups in total. The third-order valence-corrected chi connectivity index (χ3v) is 5.97. The lowest BCUT2D eigenvalue weighted by molar-refractivity contribution is -0.0297. The quantitative estimate of drug-likeness (QED) is 0.819. The van der Waals surface area contributed by atoms with Gasteiger partial charge >= 0.3 is 0 Å². The Labute approximate surface area is 151 Å². The molecule has 5 nitrogen and oxygen atoms in total. The number of piperidine rings is 1. The van der Waals surface area contributed by atoms with Gasteiger partial charge in [0.1, 0.15) is 5.69 Å². The fourth-order valence-corrected chi connectivity index (χ4v) is 4.84. The summed E-state index contributed by atoms with van der Waals surface area (Å²) in [7, 11) is 1.82. The van der Waals surface area contributed by atoms with Crippen molar-refractivity contribution in [2.75, 3.05) is 20.2 Å². The van der Waals surface area contributed by atoms with Gasteiger partial charge in [-0.05, 0) is 51.0 Å². The molecule has 1 aliphatic heterocycles. The number of carbonyl (C=O) groups excluding carboxylic acids is 1. The van der Waals surface area contributed by atoms with E-state index in [1.807, 2.05) is 17.9 Å². The van der Waals surface area contributed by atoms with Gasteiger partial charge in [-0.3, -0.25) is 9.48 Å². The van der Waals surface area contributed by atoms with E-state index >= 15 is 0 Å². The van der Waals surface area contributed by atoms with Crippen molar-refractivity contribution in [1.82, 2.24) is 14.7 Å². The van der Waals surface area contributed by atoms with Crippen molar-refractivity contribution in [2.24, 2.45) is 11.3 Å². The van der Waals surface area contributed by atoms with Gasteiger partial charge in [0.05, 0.1) is 11.8 Å². The molecule has 1 aromatic heterocycles. The van der Waals surface area contributed by atoms with Crippen LogP contribution in [0.3, 0.4) is 0 Å². The molecule has 2 atom stereocenters. The van der Waals surface area contributed by atoms with Gasteiger partial charge in [-0.15, -0.1) is 0 Å². The first-order chi connectivity index (χ1) is 12.0. The van der Waals surface area contributed by atoms with Crippen LogP contribution in [0.1, 0.15) is 69.1 Å². The summed E-state index contributed by atoms with van der Waals surface area (Å²) in [5.74, 6) is 0.688. The Kier molecular flexibility index (Phi) is 5.52. The Balaban J connectivity index is 1.79. The summed E-state index contributed by atoms with van der Waals surface area (Å²) in [5, 5.41) is 4.65. The van der Waals surface area contributed by atoms with Crippen molar-refractivity contribution in [3.63, 3.8) is 0 Å². The molecule has 140 valence electrons. The van der Waals surface area contributed by atoms with Gasteiger partial charge in [-0.2, -0.15) is 5.10 Å². The molecule has 1 saturated carbocycles. The van der Waals surface area contributed by atoms with Crippen molar-refractivity contribution >= 4 is 5.91 Å². The van der Waals surface area contributed by atoms with Crippen molar-refractivity contribution in [3.05, 3.63) is 17.5 Å². The number of aromatic nitrogens is 2. The minimum Gasteiger partial charge on any atom is -0.381 e. The zero-order valence-corrected chi connectivity index (χ0v) is 16.3. The van der Waals surface area contributed by atoms with Crippen molar-refractivity contribution in [1.29, 1.82) is 0 Å². The van der Waals surface area contributed by atoms with Crippen LogP contribution in [0.2, 0.25) is 0 Å². The average molecular weight is 348 g/mol. The average Bonchev–Trinajstić information content (AvgIpc) is 3.17. The summed E-state index contributed by atoms with van der Waals surface area (Å²) >= 11 is 0. The molecule has 1 aromatic rings. The molecule has 2 fully saturated rings. The molecule has 1 spiro atoms. The zero-order valence-electron chi connectivity index (χ0n) is 16.3. The Morgan fingerprint density at radius 2 is 2.16 bits per heavy atom. The molecule has 0 unspecified atom stereocenters. The van der Waals surface area contributed by atoms with Crippen LogP contribution in [-0.4, -0.2) is 46.9 Å². The second-order valence-corrected chi connectivity index (χ2v) is 8.24. The number of hydrogen-bond acceptors (Lipinski definition) is 3. The number of ether oxygens (including phenoxy) is 1. The lowest BCUT2D eigenvalue weighted by atomic mass is 9.76. The molecule has 0 radical (unpaired) electrons. The number of hydrogen-bond donors (Lipinski definition) is 0. The molecule has 0 bridgehead atoms. The van der Waals surface area contributed by atoms with Crippen LogP contribution >= 0.6 is 0 Å². The standard InChI is InChI=1S/C20H33N3O2/c1-5-23-17(13-16(21-23)12-15(2)3)19(24)22-11-7-10-20(14-22)9-6-8-18(20)25-4/h13,15,18H,5-12,14H2,1-4H3/t18-,20-/m1/s1. The number of methoxy groups -OCH3 is 1. The van der Waals surface area contributed by atoms with Crippen LogP contribution < -0.4 is 0 Å². The normalized spacial score (nSPS) is 26.8. The summed E-state index contributed by atoms with van der Waals surface area (Å²) in [6.45, 7) is 8.85. The highest BCUT2D eigenvalue weighted by Crippen LogP contribution is 2.46. The Bertz CT molecular complexity index is 610. The van der Waals surface area contributed by atoms with Crippen LogP contribution in [-0.2, 0) is 17.7 Å². The van der Waals surface area contributed by atoms with E-state index in [0.29, 0.717) is 12.0 Å². The molecule has 0 aromatic carbocycles. The maximum Gasteiger partial charge on any atom is 0.272 e. The molecule has 5 heteroatoms. The third-order valence-electron chi connectivity index (χ3n) is 5.97. The monoisotopic (exact) mass is 347 g/mol. The highest BCUT2D eigenvalue weighted by molar-refractivity contribution is 5.92. The topological polar surface area (TPSA) is 47.4 Å². The van der Waals surface area contributed by atoms with E-state index in [4.69, 9.17) is 4.74 Å². The highest BCUT2D eigenvalue weighted by Gasteiger charge is 2.46. The second-order valence-electron chi connectivity index (χ2n) is 8.24. The molecule has 1 aliphatic carbocycles. The summed E-state index contributed by atoms with van der Waals surface area (Å²) in [4.78, 5) is 15.3. The van der Waals surface area contributed by atoms with Gasteiger partial charge in [0.25, 0.3) is 5.91 Å². The zero-order chi connectivity index (χ0) is 18.0. The Hall–Kier alpha value is -1.36. The highest BCUT2D eigenvalue weighted by atomic mass is 16.5. The predicted molar refractivity (Wildman–Crippen MR) is 98.7 cm³/mol.